The maximum absolute atomic E-state index is 11.6. The molecule has 2 amide bonds. The number of nitrogens with zero attached hydrogens (tertiary/aromatic N) is 1. The van der Waals surface area contributed by atoms with Crippen molar-refractivity contribution >= 4 is 11.8 Å². The van der Waals surface area contributed by atoms with Crippen LogP contribution < -0.4 is 11.1 Å². The molecule has 3 N–H and O–H groups in total. The van der Waals surface area contributed by atoms with E-state index in [2.05, 4.69) is 5.32 Å². The first-order valence-electron chi connectivity index (χ1n) is 5.84. The summed E-state index contributed by atoms with van der Waals surface area (Å²) in [6.07, 6.45) is 2.82. The van der Waals surface area contributed by atoms with Crippen LogP contribution in [-0.2, 0) is 9.59 Å². The molecule has 1 saturated heterocycles. The third-order valence-corrected chi connectivity index (χ3v) is 2.91. The van der Waals surface area contributed by atoms with Crippen molar-refractivity contribution in [2.24, 2.45) is 5.73 Å². The molecule has 0 saturated carbocycles. The number of rotatable bonds is 4. The summed E-state index contributed by atoms with van der Waals surface area (Å²) in [6.45, 7) is 2.59. The van der Waals surface area contributed by atoms with Crippen molar-refractivity contribution in [1.82, 2.24) is 10.2 Å². The molecule has 0 aromatic rings. The molecule has 0 aliphatic carbocycles. The first kappa shape index (κ1) is 13.0. The summed E-state index contributed by atoms with van der Waals surface area (Å²) >= 11 is 0. The standard InChI is InChI=1S/C11H21N3O2/c1-3-4-9(12)11(16)13-8-5-6-10(15)14(2)7-8/h8-9H,3-7,12H2,1-2H3,(H,13,16). The van der Waals surface area contributed by atoms with Gasteiger partial charge in [0.1, 0.15) is 0 Å². The highest BCUT2D eigenvalue weighted by molar-refractivity contribution is 5.82. The normalized spacial score (nSPS) is 23.1. The second-order valence-electron chi connectivity index (χ2n) is 4.41. The predicted molar refractivity (Wildman–Crippen MR) is 61.7 cm³/mol. The van der Waals surface area contributed by atoms with Crippen molar-refractivity contribution < 1.29 is 9.59 Å². The lowest BCUT2D eigenvalue weighted by Crippen LogP contribution is -2.52. The van der Waals surface area contributed by atoms with Gasteiger partial charge in [0.2, 0.25) is 11.8 Å². The Morgan fingerprint density at radius 1 is 1.69 bits per heavy atom. The van der Waals surface area contributed by atoms with E-state index in [0.29, 0.717) is 25.8 Å². The average Bonchev–Trinajstić information content (AvgIpc) is 2.24. The molecule has 0 radical (unpaired) electrons. The molecule has 1 aliphatic heterocycles. The van der Waals surface area contributed by atoms with Gasteiger partial charge in [-0.3, -0.25) is 9.59 Å². The molecule has 0 aromatic heterocycles. The molecular formula is C11H21N3O2. The fourth-order valence-electron chi connectivity index (χ4n) is 1.88. The second kappa shape index (κ2) is 5.84. The zero-order valence-corrected chi connectivity index (χ0v) is 10.0. The number of nitrogens with two attached hydrogens (primary N) is 1. The van der Waals surface area contributed by atoms with Gasteiger partial charge in [-0.15, -0.1) is 0 Å². The lowest BCUT2D eigenvalue weighted by Gasteiger charge is -2.30. The van der Waals surface area contributed by atoms with Crippen LogP contribution >= 0.6 is 0 Å². The van der Waals surface area contributed by atoms with Crippen LogP contribution in [0.5, 0.6) is 0 Å². The van der Waals surface area contributed by atoms with Crippen molar-refractivity contribution in [3.63, 3.8) is 0 Å². The Morgan fingerprint density at radius 3 is 2.94 bits per heavy atom. The summed E-state index contributed by atoms with van der Waals surface area (Å²) in [5.74, 6) is 0.0398. The fourth-order valence-corrected chi connectivity index (χ4v) is 1.88. The maximum Gasteiger partial charge on any atom is 0.237 e. The predicted octanol–water partition coefficient (Wildman–Crippen LogP) is -0.149. The van der Waals surface area contributed by atoms with Crippen LogP contribution in [0.3, 0.4) is 0 Å². The molecule has 92 valence electrons. The SMILES string of the molecule is CCCC(N)C(=O)NC1CCC(=O)N(C)C1. The molecule has 1 heterocycles. The number of nitrogens with one attached hydrogen (secondary N) is 1. The van der Waals surface area contributed by atoms with Gasteiger partial charge in [0.15, 0.2) is 0 Å². The Morgan fingerprint density at radius 2 is 2.38 bits per heavy atom. The molecule has 0 aromatic carbocycles. The molecule has 2 atom stereocenters. The maximum atomic E-state index is 11.6. The first-order valence-corrected chi connectivity index (χ1v) is 5.84. The highest BCUT2D eigenvalue weighted by atomic mass is 16.2. The summed E-state index contributed by atoms with van der Waals surface area (Å²) in [6, 6.07) is -0.369. The lowest BCUT2D eigenvalue weighted by atomic mass is 10.0. The summed E-state index contributed by atoms with van der Waals surface area (Å²) in [7, 11) is 1.76. The Kier molecular flexibility index (Phi) is 4.73. The quantitative estimate of drug-likeness (QED) is 0.701. The number of likely N-dealkylation sites (tertiary alicyclic amines) is 1. The smallest absolute Gasteiger partial charge is 0.237 e. The zero-order valence-electron chi connectivity index (χ0n) is 10.0. The van der Waals surface area contributed by atoms with E-state index in [9.17, 15) is 9.59 Å². The number of piperidine rings is 1. The number of hydrogen-bond acceptors (Lipinski definition) is 3. The van der Waals surface area contributed by atoms with E-state index in [0.717, 1.165) is 6.42 Å². The molecule has 2 unspecified atom stereocenters. The van der Waals surface area contributed by atoms with Crippen LogP contribution in [0.25, 0.3) is 0 Å². The minimum atomic E-state index is -0.423. The lowest BCUT2D eigenvalue weighted by molar-refractivity contribution is -0.134. The monoisotopic (exact) mass is 227 g/mol. The van der Waals surface area contributed by atoms with Gasteiger partial charge in [0.05, 0.1) is 6.04 Å². The number of likely N-dealkylation sites (N-methyl/N-ethyl adjacent to an activating group) is 1. The van der Waals surface area contributed by atoms with Crippen molar-refractivity contribution in [3.05, 3.63) is 0 Å². The molecule has 1 fully saturated rings. The Balaban J connectivity index is 2.37. The van der Waals surface area contributed by atoms with E-state index >= 15 is 0 Å². The molecule has 16 heavy (non-hydrogen) atoms. The summed E-state index contributed by atoms with van der Waals surface area (Å²) in [5.41, 5.74) is 5.71. The molecule has 5 heteroatoms. The van der Waals surface area contributed by atoms with E-state index < -0.39 is 6.04 Å². The van der Waals surface area contributed by atoms with Crippen molar-refractivity contribution in [1.29, 1.82) is 0 Å². The van der Waals surface area contributed by atoms with Gasteiger partial charge in [-0.25, -0.2) is 0 Å². The average molecular weight is 227 g/mol. The third kappa shape index (κ3) is 3.48. The molecule has 5 nitrogen and oxygen atoms in total. The van der Waals surface area contributed by atoms with Crippen molar-refractivity contribution in [2.45, 2.75) is 44.7 Å². The van der Waals surface area contributed by atoms with Crippen LogP contribution in [0.2, 0.25) is 0 Å². The summed E-state index contributed by atoms with van der Waals surface area (Å²) < 4.78 is 0. The fraction of sp³-hybridized carbons (Fsp3) is 0.818. The first-order chi connectivity index (χ1) is 7.54. The van der Waals surface area contributed by atoms with E-state index in [4.69, 9.17) is 5.73 Å². The van der Waals surface area contributed by atoms with Crippen LogP contribution in [0.15, 0.2) is 0 Å². The Labute approximate surface area is 96.4 Å². The van der Waals surface area contributed by atoms with E-state index in [1.807, 2.05) is 6.92 Å². The van der Waals surface area contributed by atoms with Gasteiger partial charge >= 0.3 is 0 Å². The van der Waals surface area contributed by atoms with E-state index in [1.165, 1.54) is 0 Å². The van der Waals surface area contributed by atoms with Crippen molar-refractivity contribution in [3.8, 4) is 0 Å². The van der Waals surface area contributed by atoms with Crippen LogP contribution in [0, 0.1) is 0 Å². The number of amides is 2. The van der Waals surface area contributed by atoms with Crippen LogP contribution in [-0.4, -0.2) is 42.4 Å². The highest BCUT2D eigenvalue weighted by Crippen LogP contribution is 2.09. The minimum absolute atomic E-state index is 0.0538. The van der Waals surface area contributed by atoms with Crippen LogP contribution in [0.4, 0.5) is 0 Å². The Hall–Kier alpha value is -1.10. The number of carbonyl (C=O) groups excluding carboxylic acids is 2. The minimum Gasteiger partial charge on any atom is -0.350 e. The largest absolute Gasteiger partial charge is 0.350 e. The molecule has 1 rings (SSSR count). The second-order valence-corrected chi connectivity index (χ2v) is 4.41. The van der Waals surface area contributed by atoms with Gasteiger partial charge in [-0.2, -0.15) is 0 Å². The van der Waals surface area contributed by atoms with E-state index in [-0.39, 0.29) is 17.9 Å². The highest BCUT2D eigenvalue weighted by Gasteiger charge is 2.25. The van der Waals surface area contributed by atoms with Crippen LogP contribution in [0.1, 0.15) is 32.6 Å². The number of hydrogen-bond donors (Lipinski definition) is 2. The van der Waals surface area contributed by atoms with Crippen molar-refractivity contribution in [2.75, 3.05) is 13.6 Å². The topological polar surface area (TPSA) is 75.4 Å². The molecule has 0 spiro atoms. The molecule has 1 aliphatic rings. The van der Waals surface area contributed by atoms with Gasteiger partial charge in [-0.1, -0.05) is 13.3 Å². The summed E-state index contributed by atoms with van der Waals surface area (Å²) in [4.78, 5) is 24.6. The molecule has 0 bridgehead atoms. The zero-order chi connectivity index (χ0) is 12.1. The van der Waals surface area contributed by atoms with Gasteiger partial charge in [0, 0.05) is 26.1 Å². The van der Waals surface area contributed by atoms with E-state index in [1.54, 1.807) is 11.9 Å². The Bertz CT molecular complexity index is 268. The van der Waals surface area contributed by atoms with Gasteiger partial charge in [-0.05, 0) is 12.8 Å². The number of carbonyl (C=O) groups is 2. The molecular weight excluding hydrogens is 206 g/mol. The summed E-state index contributed by atoms with van der Waals surface area (Å²) in [5, 5.41) is 2.90. The van der Waals surface area contributed by atoms with Gasteiger partial charge < -0.3 is 16.0 Å². The van der Waals surface area contributed by atoms with Gasteiger partial charge in [0.25, 0.3) is 0 Å². The third-order valence-electron chi connectivity index (χ3n) is 2.91.